The van der Waals surface area contributed by atoms with Crippen molar-refractivity contribution in [3.63, 3.8) is 0 Å². The van der Waals surface area contributed by atoms with Gasteiger partial charge in [0.2, 0.25) is 10.9 Å². The number of nitrogens with zero attached hydrogens (tertiary/aromatic N) is 2. The van der Waals surface area contributed by atoms with Crippen molar-refractivity contribution in [1.82, 2.24) is 19.8 Å². The van der Waals surface area contributed by atoms with Gasteiger partial charge < -0.3 is 44.8 Å². The molecule has 0 aliphatic carbocycles. The van der Waals surface area contributed by atoms with Gasteiger partial charge in [-0.15, -0.1) is 0 Å². The smallest absolute Gasteiger partial charge is 0.416 e. The number of benzene rings is 2. The van der Waals surface area contributed by atoms with E-state index in [0.717, 1.165) is 23.4 Å². The second kappa shape index (κ2) is 18.2. The molecule has 0 spiro atoms. The van der Waals surface area contributed by atoms with Crippen LogP contribution in [0, 0.1) is 13.8 Å². The molecule has 5 N–H and O–H groups in total. The monoisotopic (exact) mass is 715 g/mol. The Labute approximate surface area is 291 Å². The second-order valence-corrected chi connectivity index (χ2v) is 11.2. The predicted octanol–water partition coefficient (Wildman–Crippen LogP) is 5.20. The number of carbonyl (C=O) groups excluding carboxylic acids is 2. The summed E-state index contributed by atoms with van der Waals surface area (Å²) in [7, 11) is 1.84. The number of aromatic hydroxyl groups is 2. The fraction of sp³-hybridized carbons (Fsp3) is 0.314. The Morgan fingerprint density at radius 2 is 1.27 bits per heavy atom. The van der Waals surface area contributed by atoms with Gasteiger partial charge in [-0.25, -0.2) is 9.59 Å². The van der Waals surface area contributed by atoms with Crippen LogP contribution in [0.15, 0.2) is 82.6 Å². The fourth-order valence-electron chi connectivity index (χ4n) is 4.55. The molecular formula is C35H40F3N5O8. The number of hydrogen-bond donors (Lipinski definition) is 5. The molecule has 2 amide bonds. The quantitative estimate of drug-likeness (QED) is 0.140. The number of amides is 2. The lowest BCUT2D eigenvalue weighted by Gasteiger charge is -2.16. The van der Waals surface area contributed by atoms with E-state index < -0.39 is 34.8 Å². The van der Waals surface area contributed by atoms with Crippen molar-refractivity contribution < 1.29 is 42.4 Å². The van der Waals surface area contributed by atoms with Crippen molar-refractivity contribution in [3.8, 4) is 11.5 Å². The van der Waals surface area contributed by atoms with Crippen LogP contribution in [0.5, 0.6) is 11.5 Å². The van der Waals surface area contributed by atoms with Gasteiger partial charge in [0.05, 0.1) is 17.0 Å². The van der Waals surface area contributed by atoms with Gasteiger partial charge in [-0.2, -0.15) is 13.2 Å². The Kier molecular flexibility index (Phi) is 14.1. The van der Waals surface area contributed by atoms with Crippen LogP contribution in [-0.4, -0.2) is 51.7 Å². The standard InChI is InChI=1S/C18H23N3O4.C17H17F3N2O4/c1-12-17(23)16(22)8-10-21(12)11-9-20-18(24)25-13(2)14-4-6-15(19-3)7-5-14;1-11-15(24)14(23)6-8-22(11)9-7-21-16(25)26-10-12-2-4-13(5-3-12)17(18,19)20/h4-8,10,13,19,23H,9,11H2,1-3H3,(H,20,24);2-6,8,24H,7,9-10H2,1H3,(H,21,25)/t13-;/m0./s1. The number of pyridine rings is 2. The van der Waals surface area contributed by atoms with E-state index in [1.165, 1.54) is 30.5 Å². The number of alkyl halides is 3. The van der Waals surface area contributed by atoms with Crippen LogP contribution in [0.4, 0.5) is 28.4 Å². The highest BCUT2D eigenvalue weighted by Gasteiger charge is 2.30. The summed E-state index contributed by atoms with van der Waals surface area (Å²) in [5.74, 6) is -0.624. The molecule has 4 rings (SSSR count). The van der Waals surface area contributed by atoms with Gasteiger partial charge in [0.15, 0.2) is 11.5 Å². The third-order valence-electron chi connectivity index (χ3n) is 7.67. The summed E-state index contributed by atoms with van der Waals surface area (Å²) in [5.41, 5.74) is 1.47. The molecule has 13 nitrogen and oxygen atoms in total. The van der Waals surface area contributed by atoms with Gasteiger partial charge >= 0.3 is 18.4 Å². The van der Waals surface area contributed by atoms with Crippen molar-refractivity contribution in [2.75, 3.05) is 25.5 Å². The molecule has 0 saturated heterocycles. The summed E-state index contributed by atoms with van der Waals surface area (Å²) in [4.78, 5) is 46.1. The third-order valence-corrected chi connectivity index (χ3v) is 7.67. The van der Waals surface area contributed by atoms with Crippen molar-refractivity contribution in [2.45, 2.75) is 52.7 Å². The van der Waals surface area contributed by atoms with Crippen LogP contribution in [0.1, 0.15) is 41.1 Å². The Morgan fingerprint density at radius 3 is 1.75 bits per heavy atom. The topological polar surface area (TPSA) is 173 Å². The SMILES string of the molecule is CNc1ccc([C@H](C)OC(=O)NCCn2ccc(=O)c(O)c2C)cc1.Cc1c(O)c(=O)ccn1CCNC(=O)OCc1ccc(C(F)(F)F)cc1. The minimum Gasteiger partial charge on any atom is -0.503 e. The van der Waals surface area contributed by atoms with E-state index in [9.17, 15) is 42.6 Å². The Morgan fingerprint density at radius 1 is 0.784 bits per heavy atom. The normalized spacial score (nSPS) is 11.4. The largest absolute Gasteiger partial charge is 0.503 e. The molecule has 1 atom stereocenters. The van der Waals surface area contributed by atoms with Crippen LogP contribution >= 0.6 is 0 Å². The molecule has 0 unspecified atom stereocenters. The summed E-state index contributed by atoms with van der Waals surface area (Å²) in [6.07, 6.45) is -2.96. The van der Waals surface area contributed by atoms with Gasteiger partial charge in [-0.1, -0.05) is 24.3 Å². The average molecular weight is 716 g/mol. The third kappa shape index (κ3) is 11.9. The van der Waals surface area contributed by atoms with Crippen molar-refractivity contribution in [3.05, 3.63) is 122 Å². The average Bonchev–Trinajstić information content (AvgIpc) is 3.10. The lowest BCUT2D eigenvalue weighted by Crippen LogP contribution is -2.29. The number of halogens is 3. The molecule has 0 aliphatic rings. The molecule has 0 radical (unpaired) electrons. The Hall–Kier alpha value is -5.93. The number of hydrogen-bond acceptors (Lipinski definition) is 9. The first-order valence-electron chi connectivity index (χ1n) is 15.7. The number of alkyl carbamates (subject to hydrolysis) is 2. The number of rotatable bonds is 11. The molecule has 4 aromatic rings. The van der Waals surface area contributed by atoms with Crippen molar-refractivity contribution in [2.24, 2.45) is 0 Å². The zero-order chi connectivity index (χ0) is 37.7. The maximum absolute atomic E-state index is 12.5. The van der Waals surface area contributed by atoms with Crippen LogP contribution < -0.4 is 26.8 Å². The molecule has 16 heteroatoms. The maximum Gasteiger partial charge on any atom is 0.416 e. The maximum atomic E-state index is 12.5. The highest BCUT2D eigenvalue weighted by Crippen LogP contribution is 2.29. The molecule has 0 aliphatic heterocycles. The highest BCUT2D eigenvalue weighted by molar-refractivity contribution is 5.67. The molecule has 274 valence electrons. The van der Waals surface area contributed by atoms with Crippen molar-refractivity contribution >= 4 is 17.9 Å². The number of aromatic nitrogens is 2. The minimum absolute atomic E-state index is 0.165. The number of nitrogens with one attached hydrogen (secondary N) is 3. The van der Waals surface area contributed by atoms with E-state index >= 15 is 0 Å². The Bertz CT molecular complexity index is 1890. The summed E-state index contributed by atoms with van der Waals surface area (Å²) in [6, 6.07) is 14.4. The zero-order valence-electron chi connectivity index (χ0n) is 28.4. The van der Waals surface area contributed by atoms with E-state index in [1.807, 2.05) is 31.3 Å². The summed E-state index contributed by atoms with van der Waals surface area (Å²) < 4.78 is 50.9. The summed E-state index contributed by atoms with van der Waals surface area (Å²) >= 11 is 0. The van der Waals surface area contributed by atoms with E-state index in [4.69, 9.17) is 9.47 Å². The molecular weight excluding hydrogens is 675 g/mol. The molecule has 2 aromatic heterocycles. The predicted molar refractivity (Wildman–Crippen MR) is 183 cm³/mol. The van der Waals surface area contributed by atoms with Gasteiger partial charge in [0.25, 0.3) is 0 Å². The molecule has 0 fully saturated rings. The van der Waals surface area contributed by atoms with E-state index in [1.54, 1.807) is 36.1 Å². The molecule has 0 bridgehead atoms. The first kappa shape index (κ1) is 39.5. The van der Waals surface area contributed by atoms with E-state index in [0.29, 0.717) is 36.6 Å². The van der Waals surface area contributed by atoms with E-state index in [2.05, 4.69) is 16.0 Å². The molecule has 51 heavy (non-hydrogen) atoms. The highest BCUT2D eigenvalue weighted by atomic mass is 19.4. The first-order chi connectivity index (χ1) is 24.1. The zero-order valence-corrected chi connectivity index (χ0v) is 28.4. The van der Waals surface area contributed by atoms with Gasteiger partial charge in [0, 0.05) is 63.4 Å². The molecule has 0 saturated carbocycles. The van der Waals surface area contributed by atoms with Gasteiger partial charge in [0.1, 0.15) is 12.7 Å². The second-order valence-electron chi connectivity index (χ2n) is 11.2. The molecule has 2 heterocycles. The van der Waals surface area contributed by atoms with Gasteiger partial charge in [-0.3, -0.25) is 9.59 Å². The lowest BCUT2D eigenvalue weighted by molar-refractivity contribution is -0.137. The van der Waals surface area contributed by atoms with Crippen LogP contribution in [0.2, 0.25) is 0 Å². The molecule has 2 aromatic carbocycles. The Balaban J connectivity index is 0.000000276. The van der Waals surface area contributed by atoms with Crippen LogP contribution in [-0.2, 0) is 35.3 Å². The number of ether oxygens (including phenoxy) is 2. The minimum atomic E-state index is -4.41. The van der Waals surface area contributed by atoms with Crippen LogP contribution in [0.3, 0.4) is 0 Å². The summed E-state index contributed by atoms with van der Waals surface area (Å²) in [5, 5.41) is 27.4. The summed E-state index contributed by atoms with van der Waals surface area (Å²) in [6.45, 7) is 6.06. The number of anilines is 1. The van der Waals surface area contributed by atoms with Crippen LogP contribution in [0.25, 0.3) is 0 Å². The van der Waals surface area contributed by atoms with Gasteiger partial charge in [-0.05, 0) is 56.2 Å². The first-order valence-corrected chi connectivity index (χ1v) is 15.7. The fourth-order valence-corrected chi connectivity index (χ4v) is 4.55. The van der Waals surface area contributed by atoms with Crippen molar-refractivity contribution in [1.29, 1.82) is 0 Å². The van der Waals surface area contributed by atoms with E-state index in [-0.39, 0.29) is 30.8 Å². The lowest BCUT2D eigenvalue weighted by atomic mass is 10.1. The number of carbonyl (C=O) groups is 2.